The van der Waals surface area contributed by atoms with Gasteiger partial charge >= 0.3 is 43.6 Å². The van der Waals surface area contributed by atoms with Gasteiger partial charge < -0.3 is 9.79 Å². The van der Waals surface area contributed by atoms with Crippen LogP contribution in [-0.2, 0) is 9.13 Å². The van der Waals surface area contributed by atoms with E-state index < -0.39 is 17.4 Å². The van der Waals surface area contributed by atoms with Crippen molar-refractivity contribution in [3.63, 3.8) is 0 Å². The molecule has 0 heterocycles. The molecular formula is H2BiO4P2+2. The molecule has 0 unspecified atom stereocenters. The Morgan fingerprint density at radius 1 is 1.00 bits per heavy atom. The summed E-state index contributed by atoms with van der Waals surface area (Å²) in [5.74, 6) is 0. The van der Waals surface area contributed by atoms with E-state index in [1.807, 2.05) is 0 Å². The molecule has 7 heavy (non-hydrogen) atoms. The van der Waals surface area contributed by atoms with Crippen LogP contribution in [0.5, 0.6) is 0 Å². The van der Waals surface area contributed by atoms with Gasteiger partial charge in [0, 0.05) is 0 Å². The van der Waals surface area contributed by atoms with E-state index in [2.05, 4.69) is 0 Å². The standard InChI is InChI=1S/Bi.2HO2P/c;2*1-3-2/h;2*(H,1,2)/q+2;;. The largest absolute Gasteiger partial charge is 2.00 e. The first kappa shape index (κ1) is 15.7. The molecule has 0 aliphatic rings. The Bertz CT molecular complexity index is 30.7. The molecule has 2 N–H and O–H groups in total. The van der Waals surface area contributed by atoms with Gasteiger partial charge in [0.2, 0.25) is 0 Å². The molecule has 0 aliphatic carbocycles. The summed E-state index contributed by atoms with van der Waals surface area (Å²) < 4.78 is 16.9. The average Bonchev–Trinajstić information content (AvgIpc) is 1.39. The summed E-state index contributed by atoms with van der Waals surface area (Å²) in [5, 5.41) is 0. The van der Waals surface area contributed by atoms with Crippen LogP contribution in [-0.4, -0.2) is 36.0 Å². The third-order valence-electron chi connectivity index (χ3n) is 0. The third kappa shape index (κ3) is 174. The van der Waals surface area contributed by atoms with Crippen molar-refractivity contribution in [2.45, 2.75) is 0 Å². The quantitative estimate of drug-likeness (QED) is 0.482. The van der Waals surface area contributed by atoms with Crippen LogP contribution in [0.25, 0.3) is 0 Å². The average molecular weight is 337 g/mol. The van der Waals surface area contributed by atoms with Gasteiger partial charge in [0.1, 0.15) is 0 Å². The number of hydrogen-bond donors (Lipinski definition) is 2. The zero-order chi connectivity index (χ0) is 5.41. The molecule has 0 rings (SSSR count). The minimum Gasteiger partial charge on any atom is -0.310 e. The van der Waals surface area contributed by atoms with Crippen LogP contribution in [0.1, 0.15) is 0 Å². The van der Waals surface area contributed by atoms with Crippen molar-refractivity contribution in [1.82, 2.24) is 0 Å². The van der Waals surface area contributed by atoms with Crippen molar-refractivity contribution in [3.05, 3.63) is 0 Å². The van der Waals surface area contributed by atoms with Gasteiger partial charge in [-0.1, -0.05) is 0 Å². The van der Waals surface area contributed by atoms with E-state index in [1.54, 1.807) is 0 Å². The van der Waals surface area contributed by atoms with Crippen molar-refractivity contribution in [2.24, 2.45) is 0 Å². The van der Waals surface area contributed by atoms with Crippen LogP contribution in [0, 0.1) is 0 Å². The molecule has 0 aromatic carbocycles. The summed E-state index contributed by atoms with van der Waals surface area (Å²) in [6.07, 6.45) is 0. The van der Waals surface area contributed by atoms with Crippen LogP contribution in [0.2, 0.25) is 0 Å². The predicted octanol–water partition coefficient (Wildman–Crippen LogP) is -0.0100. The molecule has 0 bridgehead atoms. The van der Waals surface area contributed by atoms with E-state index in [9.17, 15) is 0 Å². The normalized spacial score (nSPS) is 6.00. The fourth-order valence-corrected chi connectivity index (χ4v) is 0. The fraction of sp³-hybridized carbons (Fsp3) is 0. The van der Waals surface area contributed by atoms with Crippen LogP contribution < -0.4 is 0 Å². The van der Waals surface area contributed by atoms with Gasteiger partial charge in [-0.15, -0.1) is 0 Å². The van der Waals surface area contributed by atoms with Gasteiger partial charge in [0.15, 0.2) is 0 Å². The minimum absolute atomic E-state index is 0. The van der Waals surface area contributed by atoms with Crippen LogP contribution in [0.3, 0.4) is 0 Å². The Kier molecular flexibility index (Phi) is 62.7. The van der Waals surface area contributed by atoms with Crippen molar-refractivity contribution in [1.29, 1.82) is 0 Å². The molecule has 3 radical (unpaired) electrons. The van der Waals surface area contributed by atoms with Gasteiger partial charge in [-0.05, 0) is 0 Å². The summed E-state index contributed by atoms with van der Waals surface area (Å²) >= 11 is 0. The summed E-state index contributed by atoms with van der Waals surface area (Å²) in [7, 11) is -1.67. The molecule has 0 saturated carbocycles. The van der Waals surface area contributed by atoms with Crippen molar-refractivity contribution < 1.29 is 18.9 Å². The molecule has 0 saturated heterocycles. The number of hydrogen-bond acceptors (Lipinski definition) is 2. The maximum absolute atomic E-state index is 8.46. The van der Waals surface area contributed by atoms with Gasteiger partial charge in [-0.2, -0.15) is 0 Å². The summed E-state index contributed by atoms with van der Waals surface area (Å²) in [6.45, 7) is 0. The van der Waals surface area contributed by atoms with Crippen LogP contribution in [0.4, 0.5) is 0 Å². The zero-order valence-electron chi connectivity index (χ0n) is 3.05. The molecule has 0 amide bonds. The Hall–Kier alpha value is 1.00. The van der Waals surface area contributed by atoms with E-state index >= 15 is 0 Å². The van der Waals surface area contributed by atoms with E-state index in [1.165, 1.54) is 0 Å². The van der Waals surface area contributed by atoms with E-state index in [4.69, 9.17) is 18.9 Å². The molecule has 0 aromatic heterocycles. The summed E-state index contributed by atoms with van der Waals surface area (Å²) in [4.78, 5) is 14.0. The molecule has 39 valence electrons. The molecule has 7 heteroatoms. The van der Waals surface area contributed by atoms with E-state index in [0.29, 0.717) is 0 Å². The number of rotatable bonds is 0. The first-order chi connectivity index (χ1) is 2.83. The second-order valence-corrected chi connectivity index (χ2v) is 0.490. The summed E-state index contributed by atoms with van der Waals surface area (Å²) in [5.41, 5.74) is 0. The molecule has 4 nitrogen and oxygen atoms in total. The molecule has 0 spiro atoms. The molecule has 0 aliphatic heterocycles. The maximum atomic E-state index is 8.46. The van der Waals surface area contributed by atoms with Crippen LogP contribution in [0.15, 0.2) is 0 Å². The van der Waals surface area contributed by atoms with Crippen molar-refractivity contribution >= 4 is 43.6 Å². The van der Waals surface area contributed by atoms with Gasteiger partial charge in [0.05, 0.1) is 0 Å². The Balaban J connectivity index is -0.0000000400. The Labute approximate surface area is 62.6 Å². The fourth-order valence-electron chi connectivity index (χ4n) is 0. The Morgan fingerprint density at radius 2 is 1.00 bits per heavy atom. The topological polar surface area (TPSA) is 74.6 Å². The zero-order valence-corrected chi connectivity index (χ0v) is 8.32. The molecule has 0 aromatic rings. The van der Waals surface area contributed by atoms with Gasteiger partial charge in [0.25, 0.3) is 0 Å². The Morgan fingerprint density at radius 3 is 1.00 bits per heavy atom. The minimum atomic E-state index is -0.833. The summed E-state index contributed by atoms with van der Waals surface area (Å²) in [6, 6.07) is 0. The first-order valence-corrected chi connectivity index (χ1v) is 2.30. The SMILES string of the molecule is O=PO.O=PO.[Bi+2]. The predicted molar refractivity (Wildman–Crippen MR) is 25.4 cm³/mol. The van der Waals surface area contributed by atoms with Crippen LogP contribution >= 0.6 is 17.4 Å². The van der Waals surface area contributed by atoms with Crippen molar-refractivity contribution in [2.75, 3.05) is 0 Å². The van der Waals surface area contributed by atoms with E-state index in [0.717, 1.165) is 0 Å². The van der Waals surface area contributed by atoms with Gasteiger partial charge in [-0.25, -0.2) is 9.13 Å². The van der Waals surface area contributed by atoms with E-state index in [-0.39, 0.29) is 26.2 Å². The van der Waals surface area contributed by atoms with Crippen molar-refractivity contribution in [3.8, 4) is 0 Å². The first-order valence-electron chi connectivity index (χ1n) is 0.765. The van der Waals surface area contributed by atoms with Gasteiger partial charge in [-0.3, -0.25) is 0 Å². The molecule has 0 fully saturated rings. The maximum Gasteiger partial charge on any atom is 2.00 e. The molecule has 0 atom stereocenters. The smallest absolute Gasteiger partial charge is 0.310 e. The molecular weight excluding hydrogens is 335 g/mol. The third-order valence-corrected chi connectivity index (χ3v) is 0. The monoisotopic (exact) mass is 337 g/mol. The second kappa shape index (κ2) is 28.0. The second-order valence-electron chi connectivity index (χ2n) is 0.163.